The number of carbonyl (C=O) groups is 2. The maximum absolute atomic E-state index is 12.4. The zero-order valence-electron chi connectivity index (χ0n) is 15.4. The lowest BCUT2D eigenvalue weighted by Crippen LogP contribution is -2.22. The summed E-state index contributed by atoms with van der Waals surface area (Å²) in [6.45, 7) is 1.82. The Labute approximate surface area is 182 Å². The highest BCUT2D eigenvalue weighted by molar-refractivity contribution is 8.00. The first-order valence-electron chi connectivity index (χ1n) is 8.67. The summed E-state index contributed by atoms with van der Waals surface area (Å²) in [5.41, 5.74) is 0.963. The molecule has 0 fully saturated rings. The average Bonchev–Trinajstić information content (AvgIpc) is 2.70. The third-order valence-electron chi connectivity index (χ3n) is 3.89. The molecule has 0 saturated carbocycles. The van der Waals surface area contributed by atoms with Crippen molar-refractivity contribution in [3.8, 4) is 0 Å². The minimum Gasteiger partial charge on any atom is -0.322 e. The van der Waals surface area contributed by atoms with Gasteiger partial charge in [-0.2, -0.15) is 0 Å². The molecule has 5 nitrogen and oxygen atoms in total. The molecule has 2 N–H and O–H groups in total. The first kappa shape index (κ1) is 21.2. The second kappa shape index (κ2) is 9.78. The number of halogens is 2. The molecule has 0 spiro atoms. The molecule has 2 amide bonds. The summed E-state index contributed by atoms with van der Waals surface area (Å²) >= 11 is 13.3. The Bertz CT molecular complexity index is 1010. The van der Waals surface area contributed by atoms with E-state index in [9.17, 15) is 9.59 Å². The molecule has 0 saturated heterocycles. The number of nitrogens with zero attached hydrogens (tertiary/aromatic N) is 1. The summed E-state index contributed by atoms with van der Waals surface area (Å²) in [7, 11) is 0. The highest BCUT2D eigenvalue weighted by atomic mass is 35.5. The number of anilines is 2. The van der Waals surface area contributed by atoms with E-state index in [1.54, 1.807) is 42.6 Å². The van der Waals surface area contributed by atoms with Gasteiger partial charge in [0.25, 0.3) is 5.91 Å². The minimum absolute atomic E-state index is 0.136. The van der Waals surface area contributed by atoms with Gasteiger partial charge in [0.1, 0.15) is 5.82 Å². The van der Waals surface area contributed by atoms with Gasteiger partial charge in [-0.3, -0.25) is 9.59 Å². The van der Waals surface area contributed by atoms with Gasteiger partial charge in [0.05, 0.1) is 15.8 Å². The van der Waals surface area contributed by atoms with E-state index in [-0.39, 0.29) is 22.1 Å². The molecular weight excluding hydrogens is 429 g/mol. The van der Waals surface area contributed by atoms with Crippen LogP contribution in [-0.4, -0.2) is 22.0 Å². The van der Waals surface area contributed by atoms with Crippen molar-refractivity contribution in [1.82, 2.24) is 4.98 Å². The molecule has 8 heteroatoms. The van der Waals surface area contributed by atoms with E-state index in [4.69, 9.17) is 23.2 Å². The van der Waals surface area contributed by atoms with E-state index in [1.165, 1.54) is 17.8 Å². The maximum Gasteiger partial charge on any atom is 0.257 e. The fraction of sp³-hybridized carbons (Fsp3) is 0.0952. The first-order chi connectivity index (χ1) is 13.9. The van der Waals surface area contributed by atoms with Gasteiger partial charge in [0.2, 0.25) is 5.91 Å². The van der Waals surface area contributed by atoms with Gasteiger partial charge in [-0.05, 0) is 61.5 Å². The quantitative estimate of drug-likeness (QED) is 0.473. The van der Waals surface area contributed by atoms with Crippen LogP contribution in [0.15, 0.2) is 71.8 Å². The Morgan fingerprint density at radius 1 is 1.00 bits per heavy atom. The summed E-state index contributed by atoms with van der Waals surface area (Å²) in [5.74, 6) is 0.0579. The number of nitrogens with one attached hydrogen (secondary N) is 2. The van der Waals surface area contributed by atoms with Crippen LogP contribution in [0, 0.1) is 0 Å². The predicted octanol–water partition coefficient (Wildman–Crippen LogP) is 5.76. The van der Waals surface area contributed by atoms with Gasteiger partial charge in [-0.25, -0.2) is 4.98 Å². The summed E-state index contributed by atoms with van der Waals surface area (Å²) < 4.78 is 0. The largest absolute Gasteiger partial charge is 0.322 e. The molecule has 1 atom stereocenters. The monoisotopic (exact) mass is 445 g/mol. The smallest absolute Gasteiger partial charge is 0.257 e. The molecule has 3 aromatic rings. The Balaban J connectivity index is 1.58. The number of thioether (sulfide) groups is 1. The molecule has 1 heterocycles. The molecule has 0 aliphatic carbocycles. The zero-order valence-corrected chi connectivity index (χ0v) is 17.7. The SMILES string of the molecule is CC(Sc1ccc(NC(=O)c2ccc(Cl)cc2Cl)cc1)C(=O)Nc1ccccn1. The van der Waals surface area contributed by atoms with Crippen molar-refractivity contribution < 1.29 is 9.59 Å². The average molecular weight is 446 g/mol. The minimum atomic E-state index is -0.324. The zero-order chi connectivity index (χ0) is 20.8. The molecule has 29 heavy (non-hydrogen) atoms. The Morgan fingerprint density at radius 3 is 2.41 bits per heavy atom. The molecule has 0 aliphatic rings. The number of amides is 2. The van der Waals surface area contributed by atoms with Gasteiger partial charge < -0.3 is 10.6 Å². The third-order valence-corrected chi connectivity index (χ3v) is 5.55. The standard InChI is InChI=1S/C21H17Cl2N3O2S/c1-13(20(27)26-19-4-2-3-11-24-19)29-16-8-6-15(7-9-16)25-21(28)17-10-5-14(22)12-18(17)23/h2-13H,1H3,(H,25,28)(H,24,26,27). The molecule has 1 aromatic heterocycles. The van der Waals surface area contributed by atoms with Crippen molar-refractivity contribution in [2.75, 3.05) is 10.6 Å². The lowest BCUT2D eigenvalue weighted by Gasteiger charge is -2.12. The molecule has 148 valence electrons. The van der Waals surface area contributed by atoms with E-state index in [0.717, 1.165) is 4.90 Å². The van der Waals surface area contributed by atoms with Crippen LogP contribution in [0.25, 0.3) is 0 Å². The molecular formula is C21H17Cl2N3O2S. The summed E-state index contributed by atoms with van der Waals surface area (Å²) in [4.78, 5) is 29.6. The number of hydrogen-bond donors (Lipinski definition) is 2. The number of benzene rings is 2. The maximum atomic E-state index is 12.4. The number of carbonyl (C=O) groups excluding carboxylic acids is 2. The predicted molar refractivity (Wildman–Crippen MR) is 119 cm³/mol. The van der Waals surface area contributed by atoms with Gasteiger partial charge in [-0.1, -0.05) is 29.3 Å². The topological polar surface area (TPSA) is 71.1 Å². The fourth-order valence-corrected chi connectivity index (χ4v) is 3.77. The van der Waals surface area contributed by atoms with Crippen molar-refractivity contribution >= 4 is 58.3 Å². The van der Waals surface area contributed by atoms with Crippen molar-refractivity contribution in [3.63, 3.8) is 0 Å². The van der Waals surface area contributed by atoms with Crippen molar-refractivity contribution in [3.05, 3.63) is 82.5 Å². The second-order valence-electron chi connectivity index (χ2n) is 6.07. The Kier molecular flexibility index (Phi) is 7.14. The van der Waals surface area contributed by atoms with Crippen LogP contribution in [0.2, 0.25) is 10.0 Å². The van der Waals surface area contributed by atoms with Crippen LogP contribution in [0.5, 0.6) is 0 Å². The number of aromatic nitrogens is 1. The van der Waals surface area contributed by atoms with Gasteiger partial charge in [0.15, 0.2) is 0 Å². The van der Waals surface area contributed by atoms with Gasteiger partial charge >= 0.3 is 0 Å². The highest BCUT2D eigenvalue weighted by Gasteiger charge is 2.15. The second-order valence-corrected chi connectivity index (χ2v) is 8.32. The number of rotatable bonds is 6. The van der Waals surface area contributed by atoms with Crippen LogP contribution < -0.4 is 10.6 Å². The van der Waals surface area contributed by atoms with Crippen LogP contribution >= 0.6 is 35.0 Å². The molecule has 0 aliphatic heterocycles. The third kappa shape index (κ3) is 5.97. The molecule has 2 aromatic carbocycles. The molecule has 1 unspecified atom stereocenters. The summed E-state index contributed by atoms with van der Waals surface area (Å²) in [6, 6.07) is 17.3. The van der Waals surface area contributed by atoms with Crippen LogP contribution in [0.3, 0.4) is 0 Å². The Morgan fingerprint density at radius 2 is 1.76 bits per heavy atom. The molecule has 0 radical (unpaired) electrons. The first-order valence-corrected chi connectivity index (χ1v) is 10.3. The van der Waals surface area contributed by atoms with E-state index in [1.807, 2.05) is 25.1 Å². The lowest BCUT2D eigenvalue weighted by atomic mass is 10.2. The van der Waals surface area contributed by atoms with Crippen LogP contribution in [-0.2, 0) is 4.79 Å². The lowest BCUT2D eigenvalue weighted by molar-refractivity contribution is -0.115. The Hall–Kier alpha value is -2.54. The summed E-state index contributed by atoms with van der Waals surface area (Å²) in [6.07, 6.45) is 1.62. The van der Waals surface area contributed by atoms with Gasteiger partial charge in [0, 0.05) is 21.8 Å². The fourth-order valence-electron chi connectivity index (χ4n) is 2.41. The molecule has 0 bridgehead atoms. The summed E-state index contributed by atoms with van der Waals surface area (Å²) in [5, 5.41) is 6.01. The van der Waals surface area contributed by atoms with E-state index in [0.29, 0.717) is 22.1 Å². The van der Waals surface area contributed by atoms with Crippen LogP contribution in [0.1, 0.15) is 17.3 Å². The molecule has 3 rings (SSSR count). The number of pyridine rings is 1. The van der Waals surface area contributed by atoms with Gasteiger partial charge in [-0.15, -0.1) is 11.8 Å². The van der Waals surface area contributed by atoms with E-state index >= 15 is 0 Å². The highest BCUT2D eigenvalue weighted by Crippen LogP contribution is 2.26. The normalized spacial score (nSPS) is 11.6. The van der Waals surface area contributed by atoms with E-state index < -0.39 is 0 Å². The van der Waals surface area contributed by atoms with Crippen LogP contribution in [0.4, 0.5) is 11.5 Å². The number of hydrogen-bond acceptors (Lipinski definition) is 4. The van der Waals surface area contributed by atoms with Crippen molar-refractivity contribution in [2.45, 2.75) is 17.1 Å². The van der Waals surface area contributed by atoms with E-state index in [2.05, 4.69) is 15.6 Å². The van der Waals surface area contributed by atoms with Crippen molar-refractivity contribution in [2.24, 2.45) is 0 Å². The van der Waals surface area contributed by atoms with Crippen molar-refractivity contribution in [1.29, 1.82) is 0 Å².